The van der Waals surface area contributed by atoms with Gasteiger partial charge in [-0.25, -0.2) is 4.79 Å². The number of nitrogens with two attached hydrogens (primary N) is 1. The van der Waals surface area contributed by atoms with Crippen LogP contribution in [0.1, 0.15) is 25.8 Å². The number of hydrogen-bond acceptors (Lipinski definition) is 6. The van der Waals surface area contributed by atoms with E-state index in [4.69, 9.17) is 10.8 Å². The number of nitrogens with zero attached hydrogens (tertiary/aromatic N) is 1. The molecule has 0 saturated carbocycles. The molecule has 0 fully saturated rings. The second-order valence-corrected chi connectivity index (χ2v) is 11.4. The molecule has 6 N–H and O–H groups in total. The van der Waals surface area contributed by atoms with Gasteiger partial charge in [0.05, 0.1) is 24.5 Å². The van der Waals surface area contributed by atoms with E-state index in [0.717, 1.165) is 27.3 Å². The van der Waals surface area contributed by atoms with E-state index >= 15 is 0 Å². The molecule has 1 aliphatic rings. The van der Waals surface area contributed by atoms with Crippen molar-refractivity contribution in [3.8, 4) is 11.1 Å². The van der Waals surface area contributed by atoms with Gasteiger partial charge in [0, 0.05) is 34.7 Å². The molecule has 1 atom stereocenters. The molecule has 4 amide bonds. The molecule has 10 heteroatoms. The molecule has 0 saturated heterocycles. The number of rotatable bonds is 9. The summed E-state index contributed by atoms with van der Waals surface area (Å²) in [7, 11) is 0. The summed E-state index contributed by atoms with van der Waals surface area (Å²) in [5.74, 6) is 0.00435. The van der Waals surface area contributed by atoms with Crippen molar-refractivity contribution in [3.63, 3.8) is 0 Å². The van der Waals surface area contributed by atoms with Crippen LogP contribution in [0.2, 0.25) is 0 Å². The molecule has 210 valence electrons. The predicted molar refractivity (Wildman–Crippen MR) is 159 cm³/mol. The zero-order valence-electron chi connectivity index (χ0n) is 22.6. The number of benzene rings is 3. The van der Waals surface area contributed by atoms with Gasteiger partial charge in [0.25, 0.3) is 5.91 Å². The molecule has 3 aromatic carbocycles. The molecule has 40 heavy (non-hydrogen) atoms. The quantitative estimate of drug-likeness (QED) is 0.270. The van der Waals surface area contributed by atoms with Crippen molar-refractivity contribution >= 4 is 41.0 Å². The summed E-state index contributed by atoms with van der Waals surface area (Å²) >= 11 is 1.54. The second-order valence-electron chi connectivity index (χ2n) is 10.3. The normalized spacial score (nSPS) is 15.2. The largest absolute Gasteiger partial charge is 0.395 e. The average molecular weight is 562 g/mol. The van der Waals surface area contributed by atoms with Gasteiger partial charge in [0.1, 0.15) is 6.04 Å². The van der Waals surface area contributed by atoms with Gasteiger partial charge < -0.3 is 31.7 Å². The van der Waals surface area contributed by atoms with Crippen LogP contribution in [0.3, 0.4) is 0 Å². The molecule has 0 radical (unpaired) electrons. The number of aliphatic hydroxyl groups excluding tert-OH is 1. The third-order valence-electron chi connectivity index (χ3n) is 6.26. The van der Waals surface area contributed by atoms with Gasteiger partial charge in [0.15, 0.2) is 0 Å². The van der Waals surface area contributed by atoms with E-state index in [1.807, 2.05) is 72.8 Å². The molecule has 0 aromatic heterocycles. The minimum Gasteiger partial charge on any atom is -0.395 e. The first kappa shape index (κ1) is 29.1. The zero-order valence-corrected chi connectivity index (χ0v) is 23.5. The van der Waals surface area contributed by atoms with Crippen LogP contribution in [0.4, 0.5) is 16.2 Å². The molecule has 4 rings (SSSR count). The topological polar surface area (TPSA) is 137 Å². The fraction of sp³-hybridized carbons (Fsp3) is 0.300. The smallest absolute Gasteiger partial charge is 0.319 e. The van der Waals surface area contributed by atoms with E-state index in [0.29, 0.717) is 18.0 Å². The Labute approximate surface area is 238 Å². The van der Waals surface area contributed by atoms with Crippen molar-refractivity contribution in [1.82, 2.24) is 10.6 Å². The lowest BCUT2D eigenvalue weighted by Crippen LogP contribution is -2.51. The molecule has 9 nitrogen and oxygen atoms in total. The number of nitrogens with one attached hydrogen (secondary N) is 3. The van der Waals surface area contributed by atoms with Gasteiger partial charge in [-0.1, -0.05) is 54.6 Å². The first-order valence-electron chi connectivity index (χ1n) is 13.1. The Morgan fingerprint density at radius 3 is 2.48 bits per heavy atom. The lowest BCUT2D eigenvalue weighted by atomic mass is 10.0. The molecule has 3 aromatic rings. The highest BCUT2D eigenvalue weighted by molar-refractivity contribution is 7.99. The maximum absolute atomic E-state index is 13.7. The van der Waals surface area contributed by atoms with Gasteiger partial charge in [-0.05, 0) is 43.2 Å². The fourth-order valence-electron chi connectivity index (χ4n) is 4.43. The molecule has 0 unspecified atom stereocenters. The van der Waals surface area contributed by atoms with E-state index in [-0.39, 0.29) is 31.4 Å². The number of urea groups is 1. The zero-order chi connectivity index (χ0) is 28.7. The van der Waals surface area contributed by atoms with Crippen molar-refractivity contribution in [2.75, 3.05) is 29.1 Å². The molecular formula is C30H35N5O4S. The number of anilines is 2. The third kappa shape index (κ3) is 7.62. The number of para-hydroxylation sites is 2. The second kappa shape index (κ2) is 13.0. The Kier molecular flexibility index (Phi) is 9.46. The standard InChI is InChI=1S/C30H35N5O4S/c1-30(2,31)17-27(37)33-24-19-40-26-10-6-5-9-25(26)35(28(24)38)18-20-11-13-21(14-12-20)22-7-3-4-8-23(22)34-29(39)32-15-16-36/h3-14,24,36H,15-19,31H2,1-2H3,(H,33,37)(H2,32,34,39)/t24-/m1/s1. The van der Waals surface area contributed by atoms with Crippen molar-refractivity contribution in [2.45, 2.75) is 43.3 Å². The molecule has 0 spiro atoms. The molecule has 1 aliphatic heterocycles. The third-order valence-corrected chi connectivity index (χ3v) is 7.41. The van der Waals surface area contributed by atoms with E-state index in [1.54, 1.807) is 30.5 Å². The SMILES string of the molecule is CC(C)(N)CC(=O)N[C@@H]1CSc2ccccc2N(Cc2ccc(-c3ccccc3NC(=O)NCCO)cc2)C1=O. The number of amides is 4. The van der Waals surface area contributed by atoms with Crippen LogP contribution >= 0.6 is 11.8 Å². The van der Waals surface area contributed by atoms with Crippen LogP contribution in [0.25, 0.3) is 11.1 Å². The molecular weight excluding hydrogens is 526 g/mol. The summed E-state index contributed by atoms with van der Waals surface area (Å²) < 4.78 is 0. The van der Waals surface area contributed by atoms with E-state index in [1.165, 1.54) is 0 Å². The van der Waals surface area contributed by atoms with Crippen LogP contribution in [-0.2, 0) is 16.1 Å². The van der Waals surface area contributed by atoms with E-state index in [2.05, 4.69) is 16.0 Å². The highest BCUT2D eigenvalue weighted by Gasteiger charge is 2.32. The number of thioether (sulfide) groups is 1. The number of carbonyl (C=O) groups is 3. The first-order chi connectivity index (χ1) is 19.1. The Bertz CT molecular complexity index is 1360. The van der Waals surface area contributed by atoms with Crippen molar-refractivity contribution in [1.29, 1.82) is 0 Å². The highest BCUT2D eigenvalue weighted by Crippen LogP contribution is 2.35. The van der Waals surface area contributed by atoms with Crippen molar-refractivity contribution in [2.24, 2.45) is 5.73 Å². The Morgan fingerprint density at radius 2 is 1.75 bits per heavy atom. The Balaban J connectivity index is 1.55. The van der Waals surface area contributed by atoms with Gasteiger partial charge in [0.2, 0.25) is 5.91 Å². The van der Waals surface area contributed by atoms with Crippen LogP contribution in [0, 0.1) is 0 Å². The highest BCUT2D eigenvalue weighted by atomic mass is 32.2. The summed E-state index contributed by atoms with van der Waals surface area (Å²) in [6, 6.07) is 21.9. The van der Waals surface area contributed by atoms with Gasteiger partial charge in [-0.15, -0.1) is 11.8 Å². The summed E-state index contributed by atoms with van der Waals surface area (Å²) in [6.07, 6.45) is 0.120. The predicted octanol–water partition coefficient (Wildman–Crippen LogP) is 3.72. The summed E-state index contributed by atoms with van der Waals surface area (Å²) in [6.45, 7) is 3.91. The average Bonchev–Trinajstić information content (AvgIpc) is 3.04. The van der Waals surface area contributed by atoms with Gasteiger partial charge >= 0.3 is 6.03 Å². The van der Waals surface area contributed by atoms with Crippen LogP contribution in [-0.4, -0.2) is 53.4 Å². The van der Waals surface area contributed by atoms with Crippen molar-refractivity contribution in [3.05, 3.63) is 78.4 Å². The molecule has 0 aliphatic carbocycles. The summed E-state index contributed by atoms with van der Waals surface area (Å²) in [5, 5.41) is 17.3. The molecule has 0 bridgehead atoms. The lowest BCUT2D eigenvalue weighted by Gasteiger charge is -2.27. The number of hydrogen-bond donors (Lipinski definition) is 5. The van der Waals surface area contributed by atoms with Crippen LogP contribution in [0.15, 0.2) is 77.7 Å². The van der Waals surface area contributed by atoms with Crippen LogP contribution in [0.5, 0.6) is 0 Å². The number of aliphatic hydroxyl groups is 1. The van der Waals surface area contributed by atoms with Crippen molar-refractivity contribution < 1.29 is 19.5 Å². The minimum atomic E-state index is -0.679. The summed E-state index contributed by atoms with van der Waals surface area (Å²) in [4.78, 5) is 41.2. The fourth-order valence-corrected chi connectivity index (χ4v) is 5.50. The number of carbonyl (C=O) groups excluding carboxylic acids is 3. The number of fused-ring (bicyclic) bond motifs is 1. The first-order valence-corrected chi connectivity index (χ1v) is 14.1. The van der Waals surface area contributed by atoms with E-state index in [9.17, 15) is 14.4 Å². The van der Waals surface area contributed by atoms with Gasteiger partial charge in [-0.3, -0.25) is 9.59 Å². The minimum absolute atomic E-state index is 0.120. The van der Waals surface area contributed by atoms with Crippen LogP contribution < -0.4 is 26.6 Å². The monoisotopic (exact) mass is 561 g/mol. The Hall–Kier alpha value is -3.86. The molecule has 1 heterocycles. The van der Waals surface area contributed by atoms with Gasteiger partial charge in [-0.2, -0.15) is 0 Å². The Morgan fingerprint density at radius 1 is 1.05 bits per heavy atom. The maximum Gasteiger partial charge on any atom is 0.319 e. The maximum atomic E-state index is 13.7. The lowest BCUT2D eigenvalue weighted by molar-refractivity contribution is -0.127. The van der Waals surface area contributed by atoms with E-state index < -0.39 is 17.6 Å². The summed E-state index contributed by atoms with van der Waals surface area (Å²) in [5.41, 5.74) is 9.44.